The fraction of sp³-hybridized carbons (Fsp3) is 0.333. The van der Waals surface area contributed by atoms with Gasteiger partial charge in [0, 0.05) is 11.0 Å². The van der Waals surface area contributed by atoms with Gasteiger partial charge in [-0.05, 0) is 25.1 Å². The number of carboxylic acids is 1. The van der Waals surface area contributed by atoms with Gasteiger partial charge in [-0.15, -0.1) is 0 Å². The lowest BCUT2D eigenvalue weighted by atomic mass is 10.3. The van der Waals surface area contributed by atoms with Crippen molar-refractivity contribution in [3.8, 4) is 5.75 Å². The standard InChI is InChI=1S/C12H15BrN2O4/c1-3-15(7-11(16)17)12(18)14-9-6-8(13)4-5-10(9)19-2/h4-6H,3,7H2,1-2H3,(H,14,18)(H,16,17). The zero-order chi connectivity index (χ0) is 14.4. The molecule has 2 N–H and O–H groups in total. The molecule has 0 atom stereocenters. The summed E-state index contributed by atoms with van der Waals surface area (Å²) < 4.78 is 5.91. The van der Waals surface area contributed by atoms with Crippen molar-refractivity contribution in [3.63, 3.8) is 0 Å². The number of nitrogens with zero attached hydrogens (tertiary/aromatic N) is 1. The Morgan fingerprint density at radius 1 is 1.47 bits per heavy atom. The maximum absolute atomic E-state index is 11.9. The monoisotopic (exact) mass is 330 g/mol. The van der Waals surface area contributed by atoms with E-state index in [1.54, 1.807) is 25.1 Å². The highest BCUT2D eigenvalue weighted by Gasteiger charge is 2.16. The minimum atomic E-state index is -1.06. The van der Waals surface area contributed by atoms with E-state index >= 15 is 0 Å². The molecule has 0 aliphatic heterocycles. The molecule has 2 amide bonds. The highest BCUT2D eigenvalue weighted by atomic mass is 79.9. The number of hydrogen-bond donors (Lipinski definition) is 2. The first-order chi connectivity index (χ1) is 8.97. The molecule has 1 aromatic rings. The first-order valence-electron chi connectivity index (χ1n) is 5.59. The van der Waals surface area contributed by atoms with Crippen molar-refractivity contribution in [3.05, 3.63) is 22.7 Å². The van der Waals surface area contributed by atoms with Gasteiger partial charge < -0.3 is 20.1 Å². The molecule has 0 fully saturated rings. The van der Waals surface area contributed by atoms with Crippen molar-refractivity contribution in [1.82, 2.24) is 4.90 Å². The quantitative estimate of drug-likeness (QED) is 0.868. The van der Waals surface area contributed by atoms with Gasteiger partial charge in [0.1, 0.15) is 12.3 Å². The number of benzene rings is 1. The summed E-state index contributed by atoms with van der Waals surface area (Å²) in [6, 6.07) is 4.68. The Kier molecular flexibility index (Phi) is 5.62. The van der Waals surface area contributed by atoms with Crippen LogP contribution in [0.25, 0.3) is 0 Å². The van der Waals surface area contributed by atoms with Gasteiger partial charge in [0.25, 0.3) is 0 Å². The van der Waals surface area contributed by atoms with E-state index in [9.17, 15) is 9.59 Å². The summed E-state index contributed by atoms with van der Waals surface area (Å²) >= 11 is 3.30. The Labute approximate surface area is 119 Å². The molecule has 104 valence electrons. The van der Waals surface area contributed by atoms with Gasteiger partial charge >= 0.3 is 12.0 Å². The molecule has 0 saturated heterocycles. The van der Waals surface area contributed by atoms with Crippen molar-refractivity contribution in [2.45, 2.75) is 6.92 Å². The number of hydrogen-bond acceptors (Lipinski definition) is 3. The maximum atomic E-state index is 11.9. The Bertz CT molecular complexity index is 479. The number of carboxylic acid groups (broad SMARTS) is 1. The molecule has 6 nitrogen and oxygen atoms in total. The summed E-state index contributed by atoms with van der Waals surface area (Å²) in [6.45, 7) is 1.66. The van der Waals surface area contributed by atoms with E-state index < -0.39 is 12.0 Å². The molecule has 0 unspecified atom stereocenters. The van der Waals surface area contributed by atoms with Gasteiger partial charge in [-0.2, -0.15) is 0 Å². The number of ether oxygens (including phenoxy) is 1. The number of urea groups is 1. The Hall–Kier alpha value is -1.76. The first-order valence-corrected chi connectivity index (χ1v) is 6.38. The average molecular weight is 331 g/mol. The molecule has 0 radical (unpaired) electrons. The van der Waals surface area contributed by atoms with E-state index in [1.807, 2.05) is 0 Å². The molecule has 0 saturated carbocycles. The van der Waals surface area contributed by atoms with Crippen LogP contribution in [0, 0.1) is 0 Å². The van der Waals surface area contributed by atoms with E-state index in [0.29, 0.717) is 18.0 Å². The van der Waals surface area contributed by atoms with Crippen molar-refractivity contribution in [1.29, 1.82) is 0 Å². The van der Waals surface area contributed by atoms with Gasteiger partial charge in [0.15, 0.2) is 0 Å². The topological polar surface area (TPSA) is 78.9 Å². The van der Waals surface area contributed by atoms with Crippen LogP contribution in [-0.2, 0) is 4.79 Å². The summed E-state index contributed by atoms with van der Waals surface area (Å²) in [4.78, 5) is 23.8. The van der Waals surface area contributed by atoms with Gasteiger partial charge in [0.2, 0.25) is 0 Å². The number of amides is 2. The van der Waals surface area contributed by atoms with E-state index in [2.05, 4.69) is 21.2 Å². The lowest BCUT2D eigenvalue weighted by Gasteiger charge is -2.20. The van der Waals surface area contributed by atoms with Crippen LogP contribution in [0.4, 0.5) is 10.5 Å². The summed E-state index contributed by atoms with van der Waals surface area (Å²) in [7, 11) is 1.49. The molecule has 0 bridgehead atoms. The van der Waals surface area contributed by atoms with Crippen molar-refractivity contribution in [2.24, 2.45) is 0 Å². The van der Waals surface area contributed by atoms with Crippen LogP contribution < -0.4 is 10.1 Å². The zero-order valence-corrected chi connectivity index (χ0v) is 12.2. The van der Waals surface area contributed by atoms with Crippen LogP contribution in [0.2, 0.25) is 0 Å². The third-order valence-corrected chi connectivity index (χ3v) is 2.89. The lowest BCUT2D eigenvalue weighted by Crippen LogP contribution is -2.38. The van der Waals surface area contributed by atoms with Gasteiger partial charge in [-0.1, -0.05) is 15.9 Å². The molecule has 7 heteroatoms. The molecule has 0 aliphatic carbocycles. The maximum Gasteiger partial charge on any atom is 0.323 e. The second kappa shape index (κ2) is 6.98. The number of carbonyl (C=O) groups is 2. The number of halogens is 1. The number of methoxy groups -OCH3 is 1. The third kappa shape index (κ3) is 4.44. The predicted molar refractivity (Wildman–Crippen MR) is 74.6 cm³/mol. The highest BCUT2D eigenvalue weighted by Crippen LogP contribution is 2.28. The summed E-state index contributed by atoms with van der Waals surface area (Å²) in [5.41, 5.74) is 0.478. The molecular formula is C12H15BrN2O4. The fourth-order valence-electron chi connectivity index (χ4n) is 1.46. The molecule has 1 aromatic carbocycles. The second-order valence-corrected chi connectivity index (χ2v) is 4.60. The van der Waals surface area contributed by atoms with Crippen LogP contribution in [0.1, 0.15) is 6.92 Å². The molecule has 0 heterocycles. The van der Waals surface area contributed by atoms with Crippen LogP contribution in [-0.4, -0.2) is 42.2 Å². The average Bonchev–Trinajstić information content (AvgIpc) is 2.35. The number of aliphatic carboxylic acids is 1. The Balaban J connectivity index is 2.85. The molecule has 0 spiro atoms. The molecule has 1 rings (SSSR count). The van der Waals surface area contributed by atoms with Crippen LogP contribution >= 0.6 is 15.9 Å². The zero-order valence-electron chi connectivity index (χ0n) is 10.6. The molecular weight excluding hydrogens is 316 g/mol. The van der Waals surface area contributed by atoms with Crippen molar-refractivity contribution < 1.29 is 19.4 Å². The third-order valence-electron chi connectivity index (χ3n) is 2.40. The number of likely N-dealkylation sites (N-methyl/N-ethyl adjacent to an activating group) is 1. The van der Waals surface area contributed by atoms with Crippen LogP contribution in [0.3, 0.4) is 0 Å². The normalized spacial score (nSPS) is 9.84. The lowest BCUT2D eigenvalue weighted by molar-refractivity contribution is -0.137. The fourth-order valence-corrected chi connectivity index (χ4v) is 1.82. The molecule has 0 aliphatic rings. The summed E-state index contributed by atoms with van der Waals surface area (Å²) in [5.74, 6) is -0.555. The smallest absolute Gasteiger partial charge is 0.323 e. The van der Waals surface area contributed by atoms with Gasteiger partial charge in [-0.3, -0.25) is 4.79 Å². The first kappa shape index (κ1) is 15.3. The number of anilines is 1. The van der Waals surface area contributed by atoms with E-state index in [1.165, 1.54) is 12.0 Å². The number of rotatable bonds is 5. The number of nitrogens with one attached hydrogen (secondary N) is 1. The summed E-state index contributed by atoms with van der Waals surface area (Å²) in [5, 5.41) is 11.3. The van der Waals surface area contributed by atoms with Gasteiger partial charge in [-0.25, -0.2) is 4.79 Å². The Morgan fingerprint density at radius 2 is 2.16 bits per heavy atom. The second-order valence-electron chi connectivity index (χ2n) is 3.68. The summed E-state index contributed by atoms with van der Waals surface area (Å²) in [6.07, 6.45) is 0. The minimum absolute atomic E-state index is 0.300. The van der Waals surface area contributed by atoms with Crippen molar-refractivity contribution >= 4 is 33.6 Å². The largest absolute Gasteiger partial charge is 0.495 e. The molecule has 19 heavy (non-hydrogen) atoms. The molecule has 0 aromatic heterocycles. The van der Waals surface area contributed by atoms with Crippen LogP contribution in [0.15, 0.2) is 22.7 Å². The van der Waals surface area contributed by atoms with Crippen molar-refractivity contribution in [2.75, 3.05) is 25.5 Å². The highest BCUT2D eigenvalue weighted by molar-refractivity contribution is 9.10. The van der Waals surface area contributed by atoms with Crippen LogP contribution in [0.5, 0.6) is 5.75 Å². The SMILES string of the molecule is CCN(CC(=O)O)C(=O)Nc1cc(Br)ccc1OC. The Morgan fingerprint density at radius 3 is 2.68 bits per heavy atom. The van der Waals surface area contributed by atoms with E-state index in [0.717, 1.165) is 4.47 Å². The van der Waals surface area contributed by atoms with E-state index in [4.69, 9.17) is 9.84 Å². The van der Waals surface area contributed by atoms with Gasteiger partial charge in [0.05, 0.1) is 12.8 Å². The predicted octanol–water partition coefficient (Wildman–Crippen LogP) is 2.40. The number of carbonyl (C=O) groups excluding carboxylic acids is 1. The minimum Gasteiger partial charge on any atom is -0.495 e. The van der Waals surface area contributed by atoms with E-state index in [-0.39, 0.29) is 6.54 Å².